The number of H-pyrrole nitrogens is 1. The summed E-state index contributed by atoms with van der Waals surface area (Å²) in [6, 6.07) is 3.93. The summed E-state index contributed by atoms with van der Waals surface area (Å²) in [4.78, 5) is 39.7. The van der Waals surface area contributed by atoms with Gasteiger partial charge in [0.25, 0.3) is 11.2 Å². The number of aromatic carboxylic acids is 1. The number of imidazole rings is 1. The molecule has 0 atom stereocenters. The van der Waals surface area contributed by atoms with E-state index in [0.29, 0.717) is 10.9 Å². The maximum Gasteiger partial charge on any atom is 0.341 e. The highest BCUT2D eigenvalue weighted by Gasteiger charge is 2.18. The highest BCUT2D eigenvalue weighted by molar-refractivity contribution is 5.93. The second-order valence-electron chi connectivity index (χ2n) is 4.88. The summed E-state index contributed by atoms with van der Waals surface area (Å²) in [7, 11) is 0. The zero-order valence-corrected chi connectivity index (χ0v) is 11.6. The normalized spacial score (nSPS) is 10.8. The van der Waals surface area contributed by atoms with E-state index in [1.807, 2.05) is 0 Å². The van der Waals surface area contributed by atoms with Crippen molar-refractivity contribution in [2.75, 3.05) is 0 Å². The van der Waals surface area contributed by atoms with Crippen molar-refractivity contribution >= 4 is 22.6 Å². The lowest BCUT2D eigenvalue weighted by Crippen LogP contribution is -2.17. The Kier molecular flexibility index (Phi) is 3.37. The van der Waals surface area contributed by atoms with E-state index in [0.717, 1.165) is 0 Å². The molecule has 0 saturated heterocycles. The Bertz CT molecular complexity index is 975. The number of aromatic amines is 1. The first-order valence-electron chi connectivity index (χ1n) is 6.49. The van der Waals surface area contributed by atoms with Crippen LogP contribution in [0.3, 0.4) is 0 Å². The van der Waals surface area contributed by atoms with Gasteiger partial charge in [-0.1, -0.05) is 0 Å². The van der Waals surface area contributed by atoms with Gasteiger partial charge in [0.15, 0.2) is 0 Å². The number of benzene rings is 1. The van der Waals surface area contributed by atoms with Gasteiger partial charge in [0.2, 0.25) is 0 Å². The first kappa shape index (κ1) is 14.4. The molecule has 9 heteroatoms. The molecular formula is C14H10N4O5. The fourth-order valence-electron chi connectivity index (χ4n) is 2.32. The molecule has 2 N–H and O–H groups in total. The molecule has 3 aromatic rings. The maximum atomic E-state index is 11.7. The van der Waals surface area contributed by atoms with Crippen LogP contribution < -0.4 is 5.56 Å². The van der Waals surface area contributed by atoms with E-state index < -0.39 is 22.0 Å². The third-order valence-electron chi connectivity index (χ3n) is 3.38. The Labute approximate surface area is 128 Å². The molecule has 0 fully saturated rings. The van der Waals surface area contributed by atoms with Crippen molar-refractivity contribution < 1.29 is 14.8 Å². The lowest BCUT2D eigenvalue weighted by atomic mass is 10.1. The van der Waals surface area contributed by atoms with Crippen LogP contribution in [0, 0.1) is 10.1 Å². The van der Waals surface area contributed by atoms with Gasteiger partial charge in [-0.3, -0.25) is 14.9 Å². The molecule has 0 aliphatic rings. The number of carboxylic acid groups (broad SMARTS) is 1. The van der Waals surface area contributed by atoms with Crippen LogP contribution in [0.2, 0.25) is 0 Å². The quantitative estimate of drug-likeness (QED) is 0.552. The van der Waals surface area contributed by atoms with Crippen molar-refractivity contribution in [3.05, 3.63) is 68.5 Å². The Morgan fingerprint density at radius 1 is 1.39 bits per heavy atom. The van der Waals surface area contributed by atoms with Crippen molar-refractivity contribution in [3.63, 3.8) is 0 Å². The summed E-state index contributed by atoms with van der Waals surface area (Å²) in [6.45, 7) is 0.202. The number of hydrogen-bond donors (Lipinski definition) is 2. The number of pyridine rings is 1. The summed E-state index contributed by atoms with van der Waals surface area (Å²) in [6.07, 6.45) is 4.72. The number of nitro benzene ring substituents is 1. The summed E-state index contributed by atoms with van der Waals surface area (Å²) in [5, 5.41) is 20.7. The number of hydrogen-bond acceptors (Lipinski definition) is 5. The smallest absolute Gasteiger partial charge is 0.341 e. The molecule has 1 aromatic carbocycles. The van der Waals surface area contributed by atoms with E-state index in [-0.39, 0.29) is 17.7 Å². The molecular weight excluding hydrogens is 304 g/mol. The SMILES string of the molecule is O=C(O)c1cc2cc(Cn3ccnc3)c([N+](=O)[O-])cc2[nH]c1=O. The molecule has 0 radical (unpaired) electrons. The predicted octanol–water partition coefficient (Wildman–Crippen LogP) is 1.38. The molecule has 23 heavy (non-hydrogen) atoms. The Balaban J connectivity index is 2.22. The molecule has 0 amide bonds. The molecule has 0 bridgehead atoms. The van der Waals surface area contributed by atoms with E-state index in [9.17, 15) is 19.7 Å². The van der Waals surface area contributed by atoms with Gasteiger partial charge in [-0.2, -0.15) is 0 Å². The van der Waals surface area contributed by atoms with Gasteiger partial charge >= 0.3 is 5.97 Å². The van der Waals surface area contributed by atoms with Crippen molar-refractivity contribution in [2.45, 2.75) is 6.54 Å². The number of rotatable bonds is 4. The first-order chi connectivity index (χ1) is 11.0. The third kappa shape index (κ3) is 2.67. The van der Waals surface area contributed by atoms with Gasteiger partial charge in [-0.05, 0) is 17.5 Å². The zero-order valence-electron chi connectivity index (χ0n) is 11.6. The van der Waals surface area contributed by atoms with E-state index in [2.05, 4.69) is 9.97 Å². The monoisotopic (exact) mass is 314 g/mol. The predicted molar refractivity (Wildman–Crippen MR) is 79.5 cm³/mol. The van der Waals surface area contributed by atoms with Gasteiger partial charge < -0.3 is 14.7 Å². The first-order valence-corrected chi connectivity index (χ1v) is 6.49. The van der Waals surface area contributed by atoms with Gasteiger partial charge in [0.05, 0.1) is 28.9 Å². The van der Waals surface area contributed by atoms with Crippen LogP contribution in [0.4, 0.5) is 5.69 Å². The number of aromatic nitrogens is 3. The summed E-state index contributed by atoms with van der Waals surface area (Å²) >= 11 is 0. The summed E-state index contributed by atoms with van der Waals surface area (Å²) in [5.74, 6) is -1.36. The lowest BCUT2D eigenvalue weighted by molar-refractivity contribution is -0.385. The average Bonchev–Trinajstić information content (AvgIpc) is 2.98. The second-order valence-corrected chi connectivity index (χ2v) is 4.88. The molecule has 0 aliphatic carbocycles. The summed E-state index contributed by atoms with van der Waals surface area (Å²) < 4.78 is 1.65. The lowest BCUT2D eigenvalue weighted by Gasteiger charge is -2.07. The fraction of sp³-hybridized carbons (Fsp3) is 0.0714. The number of nitro groups is 1. The van der Waals surface area contributed by atoms with Gasteiger partial charge in [-0.25, -0.2) is 9.78 Å². The number of fused-ring (bicyclic) bond motifs is 1. The van der Waals surface area contributed by atoms with E-state index in [1.165, 1.54) is 24.5 Å². The number of nitrogens with one attached hydrogen (secondary N) is 1. The highest BCUT2D eigenvalue weighted by atomic mass is 16.6. The van der Waals surface area contributed by atoms with Gasteiger partial charge in [0.1, 0.15) is 5.56 Å². The van der Waals surface area contributed by atoms with Crippen molar-refractivity contribution in [3.8, 4) is 0 Å². The van der Waals surface area contributed by atoms with Crippen LogP contribution in [0.25, 0.3) is 10.9 Å². The molecule has 0 spiro atoms. The Morgan fingerprint density at radius 2 is 2.17 bits per heavy atom. The molecule has 0 aliphatic heterocycles. The van der Waals surface area contributed by atoms with Crippen LogP contribution in [0.5, 0.6) is 0 Å². The largest absolute Gasteiger partial charge is 0.477 e. The highest BCUT2D eigenvalue weighted by Crippen LogP contribution is 2.25. The number of nitrogens with zero attached hydrogens (tertiary/aromatic N) is 3. The van der Waals surface area contributed by atoms with E-state index in [1.54, 1.807) is 17.0 Å². The van der Waals surface area contributed by atoms with Crippen LogP contribution in [-0.2, 0) is 6.54 Å². The average molecular weight is 314 g/mol. The molecule has 0 unspecified atom stereocenters. The van der Waals surface area contributed by atoms with E-state index >= 15 is 0 Å². The minimum Gasteiger partial charge on any atom is -0.477 e. The molecule has 116 valence electrons. The topological polar surface area (TPSA) is 131 Å². The Morgan fingerprint density at radius 3 is 2.78 bits per heavy atom. The third-order valence-corrected chi connectivity index (χ3v) is 3.38. The van der Waals surface area contributed by atoms with E-state index in [4.69, 9.17) is 5.11 Å². The zero-order chi connectivity index (χ0) is 16.6. The Hall–Kier alpha value is -3.49. The van der Waals surface area contributed by atoms with Crippen LogP contribution >= 0.6 is 0 Å². The number of carboxylic acids is 1. The standard InChI is InChI=1S/C14H10N4O5/c19-13-10(14(20)21)4-8-3-9(6-17-2-1-15-7-17)12(18(22)23)5-11(8)16-13/h1-5,7H,6H2,(H,16,19)(H,20,21). The van der Waals surface area contributed by atoms with Crippen molar-refractivity contribution in [1.29, 1.82) is 0 Å². The van der Waals surface area contributed by atoms with Gasteiger partial charge in [-0.15, -0.1) is 0 Å². The molecule has 3 rings (SSSR count). The van der Waals surface area contributed by atoms with Crippen LogP contribution in [0.15, 0.2) is 41.7 Å². The molecule has 0 saturated carbocycles. The molecule has 2 heterocycles. The summed E-state index contributed by atoms with van der Waals surface area (Å²) in [5.41, 5.74) is -0.795. The molecule has 9 nitrogen and oxygen atoms in total. The fourth-order valence-corrected chi connectivity index (χ4v) is 2.32. The van der Waals surface area contributed by atoms with Crippen molar-refractivity contribution in [1.82, 2.24) is 14.5 Å². The van der Waals surface area contributed by atoms with Crippen LogP contribution in [-0.4, -0.2) is 30.5 Å². The number of carbonyl (C=O) groups is 1. The van der Waals surface area contributed by atoms with Crippen molar-refractivity contribution in [2.24, 2.45) is 0 Å². The minimum atomic E-state index is -1.36. The van der Waals surface area contributed by atoms with Crippen LogP contribution in [0.1, 0.15) is 15.9 Å². The second kappa shape index (κ2) is 5.37. The molecule has 2 aromatic heterocycles. The minimum absolute atomic E-state index is 0.162. The van der Waals surface area contributed by atoms with Gasteiger partial charge in [0, 0.05) is 18.5 Å². The maximum absolute atomic E-state index is 11.7.